The zero-order valence-electron chi connectivity index (χ0n) is 11.4. The normalized spacial score (nSPS) is 14.5. The fourth-order valence-corrected chi connectivity index (χ4v) is 2.65. The summed E-state index contributed by atoms with van der Waals surface area (Å²) in [6.07, 6.45) is 0. The van der Waals surface area contributed by atoms with Gasteiger partial charge in [-0.1, -0.05) is 83.9 Å². The van der Waals surface area contributed by atoms with E-state index in [0.717, 1.165) is 0 Å². The van der Waals surface area contributed by atoms with Gasteiger partial charge in [-0.3, -0.25) is 4.79 Å². The van der Waals surface area contributed by atoms with Gasteiger partial charge in [0.15, 0.2) is 5.60 Å². The molecule has 0 aliphatic heterocycles. The van der Waals surface area contributed by atoms with Crippen LogP contribution in [0.4, 0.5) is 0 Å². The van der Waals surface area contributed by atoms with E-state index in [9.17, 15) is 4.79 Å². The van der Waals surface area contributed by atoms with E-state index in [1.807, 2.05) is 24.3 Å². The van der Waals surface area contributed by atoms with E-state index in [-0.39, 0.29) is 10.8 Å². The summed E-state index contributed by atoms with van der Waals surface area (Å²) in [5.74, 6) is -0.265. The van der Waals surface area contributed by atoms with E-state index in [1.54, 1.807) is 36.4 Å². The summed E-state index contributed by atoms with van der Waals surface area (Å²) in [5, 5.41) is 0.117. The van der Waals surface area contributed by atoms with Gasteiger partial charge in [0.25, 0.3) is 0 Å². The number of benzene rings is 2. The number of Topliss-reactive ketones (excluding diaryl/α,β-unsaturated/α-hetero) is 1. The van der Waals surface area contributed by atoms with Crippen LogP contribution in [0, 0.1) is 0 Å². The molecule has 0 aliphatic rings. The molecule has 2 rings (SSSR count). The van der Waals surface area contributed by atoms with Crippen molar-refractivity contribution >= 4 is 29.0 Å². The Morgan fingerprint density at radius 1 is 1.05 bits per heavy atom. The summed E-state index contributed by atoms with van der Waals surface area (Å²) in [4.78, 5) is 13.0. The van der Waals surface area contributed by atoms with E-state index >= 15 is 0 Å². The predicted molar refractivity (Wildman–Crippen MR) is 85.7 cm³/mol. The molecule has 0 aromatic heterocycles. The molecule has 0 amide bonds. The second-order valence-corrected chi connectivity index (χ2v) is 5.03. The van der Waals surface area contributed by atoms with Gasteiger partial charge in [0.1, 0.15) is 0 Å². The second kappa shape index (κ2) is 6.90. The highest BCUT2D eigenvalue weighted by atomic mass is 35.5. The molecule has 0 fully saturated rings. The maximum atomic E-state index is 13.0. The number of carbonyl (C=O) groups excluding carboxylic acids is 1. The van der Waals surface area contributed by atoms with Gasteiger partial charge < -0.3 is 4.74 Å². The van der Waals surface area contributed by atoms with Gasteiger partial charge in [0.2, 0.25) is 5.78 Å². The number of methoxy groups -OCH3 is 1. The molecule has 21 heavy (non-hydrogen) atoms. The highest BCUT2D eigenvalue weighted by Crippen LogP contribution is 2.39. The number of carbonyl (C=O) groups is 1. The fraction of sp³-hybridized carbons (Fsp3) is 0.118. The standard InChI is InChI=1S/C17H14Cl2O2/c1-21-17(15(19)12-18,14-10-6-3-7-11-14)16(20)13-8-4-2-5-9-13/h2-12H,1H3/b15-12+. The largest absolute Gasteiger partial charge is 0.360 e. The monoisotopic (exact) mass is 320 g/mol. The molecule has 0 radical (unpaired) electrons. The van der Waals surface area contributed by atoms with Crippen LogP contribution in [0.15, 0.2) is 71.2 Å². The highest BCUT2D eigenvalue weighted by molar-refractivity contribution is 6.39. The molecule has 2 aromatic carbocycles. The maximum absolute atomic E-state index is 13.0. The van der Waals surface area contributed by atoms with E-state index in [1.165, 1.54) is 12.6 Å². The fourth-order valence-electron chi connectivity index (χ4n) is 2.23. The van der Waals surface area contributed by atoms with Crippen molar-refractivity contribution in [3.63, 3.8) is 0 Å². The lowest BCUT2D eigenvalue weighted by Crippen LogP contribution is -2.38. The van der Waals surface area contributed by atoms with Gasteiger partial charge in [-0.25, -0.2) is 0 Å². The van der Waals surface area contributed by atoms with Gasteiger partial charge in [-0.05, 0) is 5.56 Å². The first kappa shape index (κ1) is 15.8. The Balaban J connectivity index is 2.64. The second-order valence-electron chi connectivity index (χ2n) is 4.40. The zero-order chi connectivity index (χ0) is 15.3. The maximum Gasteiger partial charge on any atom is 0.204 e. The van der Waals surface area contributed by atoms with E-state index in [0.29, 0.717) is 11.1 Å². The lowest BCUT2D eigenvalue weighted by molar-refractivity contribution is 0.0242. The quantitative estimate of drug-likeness (QED) is 0.744. The van der Waals surface area contributed by atoms with E-state index in [4.69, 9.17) is 27.9 Å². The van der Waals surface area contributed by atoms with Crippen LogP contribution in [0.1, 0.15) is 15.9 Å². The molecular weight excluding hydrogens is 307 g/mol. The van der Waals surface area contributed by atoms with Crippen molar-refractivity contribution < 1.29 is 9.53 Å². The molecule has 0 N–H and O–H groups in total. The Hall–Kier alpha value is -1.61. The van der Waals surface area contributed by atoms with Crippen LogP contribution in [0.5, 0.6) is 0 Å². The zero-order valence-corrected chi connectivity index (χ0v) is 12.9. The number of halogens is 2. The molecule has 1 atom stereocenters. The molecule has 4 heteroatoms. The van der Waals surface area contributed by atoms with Crippen LogP contribution in [0.25, 0.3) is 0 Å². The van der Waals surface area contributed by atoms with E-state index in [2.05, 4.69) is 0 Å². The molecular formula is C17H14Cl2O2. The first-order valence-corrected chi connectivity index (χ1v) is 7.15. The van der Waals surface area contributed by atoms with Gasteiger partial charge in [-0.2, -0.15) is 0 Å². The number of ketones is 1. The van der Waals surface area contributed by atoms with Crippen LogP contribution in [-0.2, 0) is 10.3 Å². The summed E-state index contributed by atoms with van der Waals surface area (Å²) in [6, 6.07) is 17.9. The van der Waals surface area contributed by atoms with Crippen LogP contribution in [0.2, 0.25) is 0 Å². The average Bonchev–Trinajstić information content (AvgIpc) is 2.57. The summed E-state index contributed by atoms with van der Waals surface area (Å²) in [6.45, 7) is 0. The molecule has 108 valence electrons. The van der Waals surface area contributed by atoms with Gasteiger partial charge in [0.05, 0.1) is 5.03 Å². The Labute approximate surface area is 134 Å². The molecule has 2 aromatic rings. The molecule has 2 nitrogen and oxygen atoms in total. The van der Waals surface area contributed by atoms with Crippen LogP contribution in [-0.4, -0.2) is 12.9 Å². The van der Waals surface area contributed by atoms with Crippen molar-refractivity contribution in [3.05, 3.63) is 82.4 Å². The first-order chi connectivity index (χ1) is 10.2. The van der Waals surface area contributed by atoms with E-state index < -0.39 is 5.60 Å². The minimum Gasteiger partial charge on any atom is -0.360 e. The number of hydrogen-bond acceptors (Lipinski definition) is 2. The third kappa shape index (κ3) is 2.88. The number of rotatable bonds is 5. The Morgan fingerprint density at radius 3 is 2.05 bits per heavy atom. The Morgan fingerprint density at radius 2 is 1.57 bits per heavy atom. The molecule has 1 unspecified atom stereocenters. The van der Waals surface area contributed by atoms with Crippen molar-refractivity contribution in [2.75, 3.05) is 7.11 Å². The van der Waals surface area contributed by atoms with Crippen LogP contribution < -0.4 is 0 Å². The van der Waals surface area contributed by atoms with Gasteiger partial charge in [-0.15, -0.1) is 0 Å². The van der Waals surface area contributed by atoms with Crippen molar-refractivity contribution in [2.24, 2.45) is 0 Å². The number of ether oxygens (including phenoxy) is 1. The van der Waals surface area contributed by atoms with Crippen molar-refractivity contribution in [1.29, 1.82) is 0 Å². The Kier molecular flexibility index (Phi) is 5.18. The lowest BCUT2D eigenvalue weighted by atomic mass is 9.85. The van der Waals surface area contributed by atoms with Crippen molar-refractivity contribution in [2.45, 2.75) is 5.60 Å². The molecule has 0 spiro atoms. The van der Waals surface area contributed by atoms with Crippen molar-refractivity contribution in [1.82, 2.24) is 0 Å². The molecule has 0 bridgehead atoms. The molecule has 0 saturated heterocycles. The predicted octanol–water partition coefficient (Wildman–Crippen LogP) is 4.73. The van der Waals surface area contributed by atoms with Crippen LogP contribution in [0.3, 0.4) is 0 Å². The number of hydrogen-bond donors (Lipinski definition) is 0. The lowest BCUT2D eigenvalue weighted by Gasteiger charge is -2.31. The smallest absolute Gasteiger partial charge is 0.204 e. The average molecular weight is 321 g/mol. The summed E-state index contributed by atoms with van der Waals surface area (Å²) < 4.78 is 5.56. The van der Waals surface area contributed by atoms with Gasteiger partial charge >= 0.3 is 0 Å². The Bertz CT molecular complexity index is 638. The van der Waals surface area contributed by atoms with Crippen LogP contribution >= 0.6 is 23.2 Å². The molecule has 0 heterocycles. The highest BCUT2D eigenvalue weighted by Gasteiger charge is 2.44. The third-order valence-electron chi connectivity index (χ3n) is 3.27. The summed E-state index contributed by atoms with van der Waals surface area (Å²) in [7, 11) is 1.44. The first-order valence-electron chi connectivity index (χ1n) is 6.33. The molecule has 0 aliphatic carbocycles. The van der Waals surface area contributed by atoms with Gasteiger partial charge in [0, 0.05) is 18.2 Å². The third-order valence-corrected chi connectivity index (χ3v) is 3.98. The summed E-state index contributed by atoms with van der Waals surface area (Å²) >= 11 is 12.0. The minimum absolute atomic E-state index is 0.117. The minimum atomic E-state index is -1.44. The SMILES string of the molecule is COC(C(=O)c1ccccc1)(/C(Cl)=C\Cl)c1ccccc1. The topological polar surface area (TPSA) is 26.3 Å². The molecule has 0 saturated carbocycles. The van der Waals surface area contributed by atoms with Crippen molar-refractivity contribution in [3.8, 4) is 0 Å². The summed E-state index contributed by atoms with van der Waals surface area (Å²) in [5.41, 5.74) is 0.855.